The van der Waals surface area contributed by atoms with Crippen LogP contribution in [0.2, 0.25) is 0 Å². The van der Waals surface area contributed by atoms with Crippen LogP contribution in [0.25, 0.3) is 10.9 Å². The van der Waals surface area contributed by atoms with E-state index in [9.17, 15) is 9.59 Å². The minimum absolute atomic E-state index is 0.160. The molecule has 0 spiro atoms. The van der Waals surface area contributed by atoms with E-state index in [1.807, 2.05) is 6.20 Å². The van der Waals surface area contributed by atoms with E-state index in [0.717, 1.165) is 23.1 Å². The van der Waals surface area contributed by atoms with Gasteiger partial charge in [0.1, 0.15) is 5.75 Å². The molecule has 3 rings (SSSR count). The Labute approximate surface area is 163 Å². The quantitative estimate of drug-likeness (QED) is 0.585. The normalized spacial score (nSPS) is 10.8. The van der Waals surface area contributed by atoms with Gasteiger partial charge in [0, 0.05) is 29.2 Å². The third kappa shape index (κ3) is 4.34. The first-order chi connectivity index (χ1) is 13.3. The standard InChI is InChI=1S/C22H24N2O4/c1-13-4-5-18-16(11-24-19(18)8-13)6-7-23-22(27)17-9-14(2)21(15(3)10-17)28-12-20(25)26/h4-5,8-11,24H,6-7,12H2,1-3H3,(H,23,27)(H,25,26). The number of H-pyrrole nitrogens is 1. The fourth-order valence-corrected chi connectivity index (χ4v) is 3.36. The average Bonchev–Trinajstić information content (AvgIpc) is 3.02. The second-order valence-electron chi connectivity index (χ2n) is 6.99. The number of amides is 1. The van der Waals surface area contributed by atoms with Crippen molar-refractivity contribution in [2.24, 2.45) is 0 Å². The fourth-order valence-electron chi connectivity index (χ4n) is 3.36. The highest BCUT2D eigenvalue weighted by atomic mass is 16.5. The third-order valence-corrected chi connectivity index (χ3v) is 4.67. The average molecular weight is 380 g/mol. The van der Waals surface area contributed by atoms with Crippen LogP contribution in [-0.2, 0) is 11.2 Å². The van der Waals surface area contributed by atoms with Crippen molar-refractivity contribution < 1.29 is 19.4 Å². The van der Waals surface area contributed by atoms with Gasteiger partial charge in [-0.25, -0.2) is 4.79 Å². The molecule has 0 atom stereocenters. The molecule has 146 valence electrons. The SMILES string of the molecule is Cc1ccc2c(CCNC(=O)c3cc(C)c(OCC(=O)O)c(C)c3)c[nH]c2c1. The number of carbonyl (C=O) groups is 2. The van der Waals surface area contributed by atoms with Crippen molar-refractivity contribution in [1.29, 1.82) is 0 Å². The summed E-state index contributed by atoms with van der Waals surface area (Å²) in [6, 6.07) is 9.72. The van der Waals surface area contributed by atoms with Gasteiger partial charge in [0.25, 0.3) is 5.91 Å². The molecule has 0 saturated carbocycles. The molecule has 0 aliphatic carbocycles. The lowest BCUT2D eigenvalue weighted by Crippen LogP contribution is -2.26. The number of hydrogen-bond donors (Lipinski definition) is 3. The van der Waals surface area contributed by atoms with Gasteiger partial charge < -0.3 is 20.1 Å². The highest BCUT2D eigenvalue weighted by molar-refractivity contribution is 5.95. The van der Waals surface area contributed by atoms with Crippen LogP contribution in [0.4, 0.5) is 0 Å². The Morgan fingerprint density at radius 2 is 1.82 bits per heavy atom. The predicted molar refractivity (Wildman–Crippen MR) is 108 cm³/mol. The van der Waals surface area contributed by atoms with Crippen molar-refractivity contribution in [3.8, 4) is 5.75 Å². The topological polar surface area (TPSA) is 91.4 Å². The van der Waals surface area contributed by atoms with Crippen molar-refractivity contribution in [3.63, 3.8) is 0 Å². The predicted octanol–water partition coefficient (Wildman–Crippen LogP) is 3.53. The van der Waals surface area contributed by atoms with Crippen LogP contribution in [0.15, 0.2) is 36.5 Å². The molecule has 1 amide bonds. The number of rotatable bonds is 7. The van der Waals surface area contributed by atoms with Crippen molar-refractivity contribution in [3.05, 3.63) is 64.3 Å². The number of ether oxygens (including phenoxy) is 1. The van der Waals surface area contributed by atoms with Crippen LogP contribution in [0, 0.1) is 20.8 Å². The molecule has 1 heterocycles. The largest absolute Gasteiger partial charge is 0.481 e. The van der Waals surface area contributed by atoms with Gasteiger partial charge >= 0.3 is 5.97 Å². The zero-order chi connectivity index (χ0) is 20.3. The molecule has 3 aromatic rings. The number of aliphatic carboxylic acids is 1. The van der Waals surface area contributed by atoms with Gasteiger partial charge in [0.15, 0.2) is 6.61 Å². The van der Waals surface area contributed by atoms with E-state index in [4.69, 9.17) is 9.84 Å². The number of fused-ring (bicyclic) bond motifs is 1. The van der Waals surface area contributed by atoms with E-state index >= 15 is 0 Å². The number of carboxylic acid groups (broad SMARTS) is 1. The molecule has 6 nitrogen and oxygen atoms in total. The smallest absolute Gasteiger partial charge is 0.341 e. The molecule has 0 radical (unpaired) electrons. The Bertz CT molecular complexity index is 1010. The molecule has 0 unspecified atom stereocenters. The lowest BCUT2D eigenvalue weighted by atomic mass is 10.0. The Hall–Kier alpha value is -3.28. The van der Waals surface area contributed by atoms with Crippen LogP contribution in [0.3, 0.4) is 0 Å². The molecule has 0 fully saturated rings. The zero-order valence-electron chi connectivity index (χ0n) is 16.3. The van der Waals surface area contributed by atoms with Gasteiger partial charge in [0.05, 0.1) is 0 Å². The van der Waals surface area contributed by atoms with E-state index in [2.05, 4.69) is 35.4 Å². The van der Waals surface area contributed by atoms with Crippen molar-refractivity contribution >= 4 is 22.8 Å². The first kappa shape index (κ1) is 19.5. The monoisotopic (exact) mass is 380 g/mol. The van der Waals surface area contributed by atoms with Gasteiger partial charge in [0.2, 0.25) is 0 Å². The van der Waals surface area contributed by atoms with Gasteiger partial charge in [-0.2, -0.15) is 0 Å². The summed E-state index contributed by atoms with van der Waals surface area (Å²) in [5.41, 5.74) is 5.48. The Morgan fingerprint density at radius 1 is 1.11 bits per heavy atom. The number of benzene rings is 2. The number of carbonyl (C=O) groups excluding carboxylic acids is 1. The maximum Gasteiger partial charge on any atom is 0.341 e. The summed E-state index contributed by atoms with van der Waals surface area (Å²) in [4.78, 5) is 26.5. The number of nitrogens with one attached hydrogen (secondary N) is 2. The Balaban J connectivity index is 1.63. The number of aryl methyl sites for hydroxylation is 3. The first-order valence-electron chi connectivity index (χ1n) is 9.16. The van der Waals surface area contributed by atoms with Gasteiger partial charge in [-0.15, -0.1) is 0 Å². The summed E-state index contributed by atoms with van der Waals surface area (Å²) < 4.78 is 5.31. The molecule has 3 N–H and O–H groups in total. The molecule has 2 aromatic carbocycles. The van der Waals surface area contributed by atoms with E-state index < -0.39 is 12.6 Å². The Kier molecular flexibility index (Phi) is 5.68. The first-order valence-corrected chi connectivity index (χ1v) is 9.16. The second kappa shape index (κ2) is 8.17. The number of hydrogen-bond acceptors (Lipinski definition) is 3. The van der Waals surface area contributed by atoms with Gasteiger partial charge in [-0.1, -0.05) is 12.1 Å². The zero-order valence-corrected chi connectivity index (χ0v) is 16.3. The number of carboxylic acids is 1. The van der Waals surface area contributed by atoms with E-state index in [0.29, 0.717) is 17.9 Å². The van der Waals surface area contributed by atoms with Crippen LogP contribution >= 0.6 is 0 Å². The summed E-state index contributed by atoms with van der Waals surface area (Å²) in [6.45, 7) is 5.78. The van der Waals surface area contributed by atoms with Crippen LogP contribution < -0.4 is 10.1 Å². The Morgan fingerprint density at radius 3 is 2.50 bits per heavy atom. The summed E-state index contributed by atoms with van der Waals surface area (Å²) in [6.07, 6.45) is 2.71. The molecule has 0 bridgehead atoms. The summed E-state index contributed by atoms with van der Waals surface area (Å²) in [5, 5.41) is 12.9. The number of aromatic nitrogens is 1. The second-order valence-corrected chi connectivity index (χ2v) is 6.99. The molecule has 0 aliphatic heterocycles. The van der Waals surface area contributed by atoms with Gasteiger partial charge in [-0.3, -0.25) is 4.79 Å². The molecular weight excluding hydrogens is 356 g/mol. The molecule has 28 heavy (non-hydrogen) atoms. The third-order valence-electron chi connectivity index (χ3n) is 4.67. The van der Waals surface area contributed by atoms with Crippen molar-refractivity contribution in [1.82, 2.24) is 10.3 Å². The maximum absolute atomic E-state index is 12.5. The lowest BCUT2D eigenvalue weighted by molar-refractivity contribution is -0.139. The summed E-state index contributed by atoms with van der Waals surface area (Å²) >= 11 is 0. The van der Waals surface area contributed by atoms with E-state index in [-0.39, 0.29) is 5.91 Å². The summed E-state index contributed by atoms with van der Waals surface area (Å²) in [5.74, 6) is -0.687. The highest BCUT2D eigenvalue weighted by Gasteiger charge is 2.13. The molecule has 1 aromatic heterocycles. The van der Waals surface area contributed by atoms with Crippen LogP contribution in [0.1, 0.15) is 32.6 Å². The molecule has 6 heteroatoms. The van der Waals surface area contributed by atoms with Crippen LogP contribution in [-0.4, -0.2) is 35.1 Å². The number of aromatic amines is 1. The lowest BCUT2D eigenvalue weighted by Gasteiger charge is -2.13. The summed E-state index contributed by atoms with van der Waals surface area (Å²) in [7, 11) is 0. The van der Waals surface area contributed by atoms with Crippen molar-refractivity contribution in [2.75, 3.05) is 13.2 Å². The maximum atomic E-state index is 12.5. The fraction of sp³-hybridized carbons (Fsp3) is 0.273. The molecule has 0 saturated heterocycles. The van der Waals surface area contributed by atoms with E-state index in [1.165, 1.54) is 16.5 Å². The van der Waals surface area contributed by atoms with E-state index in [1.54, 1.807) is 26.0 Å². The van der Waals surface area contributed by atoms with Crippen LogP contribution in [0.5, 0.6) is 5.75 Å². The molecule has 0 aliphatic rings. The minimum atomic E-state index is -1.03. The highest BCUT2D eigenvalue weighted by Crippen LogP contribution is 2.25. The minimum Gasteiger partial charge on any atom is -0.481 e. The molecular formula is C22H24N2O4. The van der Waals surface area contributed by atoms with Crippen molar-refractivity contribution in [2.45, 2.75) is 27.2 Å². The van der Waals surface area contributed by atoms with Gasteiger partial charge in [-0.05, 0) is 67.6 Å².